The third-order valence-electron chi connectivity index (χ3n) is 1.67. The van der Waals surface area contributed by atoms with Crippen LogP contribution in [0.5, 0.6) is 5.88 Å². The van der Waals surface area contributed by atoms with Gasteiger partial charge in [-0.1, -0.05) is 13.8 Å². The van der Waals surface area contributed by atoms with Gasteiger partial charge < -0.3 is 4.74 Å². The number of hydrogen-bond donors (Lipinski definition) is 0. The molecule has 0 saturated heterocycles. The van der Waals surface area contributed by atoms with Crippen molar-refractivity contribution in [1.29, 1.82) is 0 Å². The van der Waals surface area contributed by atoms with Gasteiger partial charge in [0, 0.05) is 30.4 Å². The predicted molar refractivity (Wildman–Crippen MR) is 49.2 cm³/mol. The van der Waals surface area contributed by atoms with Crippen LogP contribution in [0.1, 0.15) is 25.5 Å². The van der Waals surface area contributed by atoms with E-state index < -0.39 is 5.43 Å². The molecule has 1 aromatic heterocycles. The summed E-state index contributed by atoms with van der Waals surface area (Å²) < 4.78 is 6.29. The Morgan fingerprint density at radius 2 is 2.31 bits per heavy atom. The molecule has 0 spiro atoms. The Morgan fingerprint density at radius 3 is 2.69 bits per heavy atom. The van der Waals surface area contributed by atoms with Crippen LogP contribution in [0.25, 0.3) is 0 Å². The monoisotopic (exact) mass is 202 g/mol. The molecule has 0 aliphatic carbocycles. The summed E-state index contributed by atoms with van der Waals surface area (Å²) in [6.07, 6.45) is 0. The highest BCUT2D eigenvalue weighted by molar-refractivity contribution is 6.61. The summed E-state index contributed by atoms with van der Waals surface area (Å²) in [5, 5.41) is 3.96. The molecule has 0 amide bonds. The van der Waals surface area contributed by atoms with Crippen LogP contribution in [-0.4, -0.2) is 15.2 Å². The Kier molecular flexibility index (Phi) is 2.93. The first kappa shape index (κ1) is 10.1. The molecule has 72 valence electrons. The van der Waals surface area contributed by atoms with Crippen molar-refractivity contribution >= 4 is 17.0 Å². The molecule has 5 heteroatoms. The third kappa shape index (κ3) is 2.45. The van der Waals surface area contributed by atoms with Crippen LogP contribution in [0.3, 0.4) is 0 Å². The Morgan fingerprint density at radius 1 is 1.69 bits per heavy atom. The number of rotatable bonds is 2. The molecule has 0 bridgehead atoms. The molecular formula is C8H11ClN2O2. The number of carbonyl (C=O) groups excluding carboxylic acids is 1. The zero-order valence-corrected chi connectivity index (χ0v) is 8.50. The highest BCUT2D eigenvalue weighted by atomic mass is 35.5. The molecular weight excluding hydrogens is 192 g/mol. The predicted octanol–water partition coefficient (Wildman–Crippen LogP) is 2.28. The molecule has 1 heterocycles. The summed E-state index contributed by atoms with van der Waals surface area (Å²) in [4.78, 5) is 10.4. The molecule has 0 N–H and O–H groups in total. The lowest BCUT2D eigenvalue weighted by Gasteiger charge is -2.02. The number of halogens is 1. The second-order valence-corrected chi connectivity index (χ2v) is 3.33. The Bertz CT molecular complexity index is 320. The molecule has 13 heavy (non-hydrogen) atoms. The van der Waals surface area contributed by atoms with Gasteiger partial charge in [-0.2, -0.15) is 0 Å². The van der Waals surface area contributed by atoms with Crippen molar-refractivity contribution in [3.8, 4) is 5.88 Å². The van der Waals surface area contributed by atoms with Crippen LogP contribution < -0.4 is 4.74 Å². The van der Waals surface area contributed by atoms with Crippen molar-refractivity contribution in [2.45, 2.75) is 19.8 Å². The highest BCUT2D eigenvalue weighted by Crippen LogP contribution is 2.19. The third-order valence-corrected chi connectivity index (χ3v) is 1.75. The van der Waals surface area contributed by atoms with E-state index in [1.165, 1.54) is 0 Å². The first-order valence-electron chi connectivity index (χ1n) is 3.92. The maximum Gasteiger partial charge on any atom is 0.410 e. The van der Waals surface area contributed by atoms with Crippen molar-refractivity contribution in [3.05, 3.63) is 11.8 Å². The molecule has 0 radical (unpaired) electrons. The van der Waals surface area contributed by atoms with Gasteiger partial charge in [0.15, 0.2) is 0 Å². The fraction of sp³-hybridized carbons (Fsp3) is 0.500. The van der Waals surface area contributed by atoms with E-state index in [-0.39, 0.29) is 5.88 Å². The van der Waals surface area contributed by atoms with E-state index in [4.69, 9.17) is 11.6 Å². The fourth-order valence-electron chi connectivity index (χ4n) is 1.13. The van der Waals surface area contributed by atoms with E-state index in [1.54, 1.807) is 17.8 Å². The number of carbonyl (C=O) groups is 1. The number of aromatic nitrogens is 2. The fourth-order valence-corrected chi connectivity index (χ4v) is 1.21. The van der Waals surface area contributed by atoms with E-state index in [9.17, 15) is 4.79 Å². The Labute approximate surface area is 81.4 Å². The molecule has 0 aliphatic rings. The van der Waals surface area contributed by atoms with Crippen molar-refractivity contribution in [2.24, 2.45) is 7.05 Å². The maximum atomic E-state index is 10.4. The summed E-state index contributed by atoms with van der Waals surface area (Å²) in [5.74, 6) is 0.575. The van der Waals surface area contributed by atoms with Gasteiger partial charge in [-0.3, -0.25) is 4.68 Å². The van der Waals surface area contributed by atoms with Crippen LogP contribution in [0.2, 0.25) is 0 Å². The SMILES string of the molecule is CC(C)c1cc(OC(=O)Cl)nn1C. The van der Waals surface area contributed by atoms with Crippen molar-refractivity contribution < 1.29 is 9.53 Å². The van der Waals surface area contributed by atoms with E-state index in [2.05, 4.69) is 9.84 Å². The van der Waals surface area contributed by atoms with Crippen LogP contribution >= 0.6 is 11.6 Å². The lowest BCUT2D eigenvalue weighted by molar-refractivity contribution is 0.223. The molecule has 0 fully saturated rings. The van der Waals surface area contributed by atoms with Gasteiger partial charge in [0.1, 0.15) is 0 Å². The van der Waals surface area contributed by atoms with Crippen LogP contribution in [0, 0.1) is 0 Å². The first-order chi connectivity index (χ1) is 6.00. The summed E-state index contributed by atoms with van der Waals surface area (Å²) >= 11 is 5.04. The number of ether oxygens (including phenoxy) is 1. The quantitative estimate of drug-likeness (QED) is 0.692. The lowest BCUT2D eigenvalue weighted by Crippen LogP contribution is -2.00. The minimum absolute atomic E-state index is 0.242. The number of nitrogens with zero attached hydrogens (tertiary/aromatic N) is 2. The minimum Gasteiger partial charge on any atom is -0.394 e. The van der Waals surface area contributed by atoms with E-state index in [0.29, 0.717) is 5.92 Å². The number of hydrogen-bond acceptors (Lipinski definition) is 3. The summed E-state index contributed by atoms with van der Waals surface area (Å²) in [7, 11) is 1.79. The zero-order valence-electron chi connectivity index (χ0n) is 7.74. The van der Waals surface area contributed by atoms with Gasteiger partial charge in [-0.05, 0) is 5.92 Å². The van der Waals surface area contributed by atoms with Gasteiger partial charge in [-0.15, -0.1) is 5.10 Å². The van der Waals surface area contributed by atoms with Gasteiger partial charge in [0.25, 0.3) is 0 Å². The van der Waals surface area contributed by atoms with E-state index in [0.717, 1.165) is 5.69 Å². The van der Waals surface area contributed by atoms with Crippen LogP contribution in [0.4, 0.5) is 4.79 Å². The second-order valence-electron chi connectivity index (χ2n) is 3.03. The molecule has 4 nitrogen and oxygen atoms in total. The summed E-state index contributed by atoms with van der Waals surface area (Å²) in [6, 6.07) is 1.70. The zero-order chi connectivity index (χ0) is 10.0. The standard InChI is InChI=1S/C8H11ClN2O2/c1-5(2)6-4-7(10-11(6)3)13-8(9)12/h4-5H,1-3H3. The molecule has 0 atom stereocenters. The first-order valence-corrected chi connectivity index (χ1v) is 4.29. The normalized spacial score (nSPS) is 10.5. The van der Waals surface area contributed by atoms with Crippen LogP contribution in [-0.2, 0) is 7.05 Å². The molecule has 0 aliphatic heterocycles. The average Bonchev–Trinajstić information content (AvgIpc) is 2.29. The van der Waals surface area contributed by atoms with Crippen molar-refractivity contribution in [2.75, 3.05) is 0 Å². The van der Waals surface area contributed by atoms with Crippen LogP contribution in [0.15, 0.2) is 6.07 Å². The largest absolute Gasteiger partial charge is 0.410 e. The van der Waals surface area contributed by atoms with Gasteiger partial charge >= 0.3 is 5.43 Å². The minimum atomic E-state index is -0.867. The van der Waals surface area contributed by atoms with E-state index in [1.807, 2.05) is 13.8 Å². The second kappa shape index (κ2) is 3.79. The molecule has 0 saturated carbocycles. The van der Waals surface area contributed by atoms with Crippen molar-refractivity contribution in [1.82, 2.24) is 9.78 Å². The van der Waals surface area contributed by atoms with Gasteiger partial charge in [0.2, 0.25) is 5.88 Å². The summed E-state index contributed by atoms with van der Waals surface area (Å²) in [5.41, 5.74) is 0.126. The molecule has 1 aromatic rings. The van der Waals surface area contributed by atoms with Gasteiger partial charge in [-0.25, -0.2) is 4.79 Å². The van der Waals surface area contributed by atoms with Gasteiger partial charge in [0.05, 0.1) is 0 Å². The Hall–Kier alpha value is -1.03. The molecule has 0 aromatic carbocycles. The van der Waals surface area contributed by atoms with Crippen molar-refractivity contribution in [3.63, 3.8) is 0 Å². The Balaban J connectivity index is 2.88. The topological polar surface area (TPSA) is 44.1 Å². The molecule has 0 unspecified atom stereocenters. The van der Waals surface area contributed by atoms with E-state index >= 15 is 0 Å². The highest BCUT2D eigenvalue weighted by Gasteiger charge is 2.10. The maximum absolute atomic E-state index is 10.4. The molecule has 1 rings (SSSR count). The average molecular weight is 203 g/mol. The lowest BCUT2D eigenvalue weighted by atomic mass is 10.1. The smallest absolute Gasteiger partial charge is 0.394 e. The number of aryl methyl sites for hydroxylation is 1. The summed E-state index contributed by atoms with van der Waals surface area (Å²) in [6.45, 7) is 4.06.